The number of benzene rings is 1. The van der Waals surface area contributed by atoms with Crippen molar-refractivity contribution in [1.82, 2.24) is 15.6 Å². The van der Waals surface area contributed by atoms with Crippen LogP contribution in [0.1, 0.15) is 44.4 Å². The number of carbonyl (C=O) groups is 1. The highest BCUT2D eigenvalue weighted by molar-refractivity contribution is 5.75. The minimum atomic E-state index is -0.304. The Kier molecular flexibility index (Phi) is 5.79. The zero-order chi connectivity index (χ0) is 17.6. The number of carbonyl (C=O) groups excluding carboxylic acids is 1. The van der Waals surface area contributed by atoms with E-state index < -0.39 is 0 Å². The van der Waals surface area contributed by atoms with Crippen LogP contribution in [0.15, 0.2) is 48.8 Å². The van der Waals surface area contributed by atoms with Gasteiger partial charge in [-0.2, -0.15) is 0 Å². The Morgan fingerprint density at radius 2 is 2.00 bits per heavy atom. The average molecular weight is 327 g/mol. The van der Waals surface area contributed by atoms with E-state index in [-0.39, 0.29) is 17.6 Å². The van der Waals surface area contributed by atoms with E-state index in [9.17, 15) is 4.79 Å². The molecule has 5 heteroatoms. The van der Waals surface area contributed by atoms with Gasteiger partial charge < -0.3 is 15.4 Å². The lowest BCUT2D eigenvalue weighted by molar-refractivity contribution is 0.226. The van der Waals surface area contributed by atoms with Crippen molar-refractivity contribution in [3.63, 3.8) is 0 Å². The summed E-state index contributed by atoms with van der Waals surface area (Å²) in [5.41, 5.74) is 1.58. The third kappa shape index (κ3) is 4.72. The molecule has 2 amide bonds. The summed E-state index contributed by atoms with van der Waals surface area (Å²) in [7, 11) is 1.63. The molecule has 128 valence electrons. The number of pyridine rings is 1. The van der Waals surface area contributed by atoms with E-state index in [0.29, 0.717) is 0 Å². The fraction of sp³-hybridized carbons (Fsp3) is 0.368. The summed E-state index contributed by atoms with van der Waals surface area (Å²) in [5.74, 6) is 0.748. The number of aromatic nitrogens is 1. The molecule has 2 aromatic rings. The summed E-state index contributed by atoms with van der Waals surface area (Å²) < 4.78 is 5.30. The number of ether oxygens (including phenoxy) is 1. The molecule has 0 unspecified atom stereocenters. The summed E-state index contributed by atoms with van der Waals surface area (Å²) >= 11 is 0. The molecule has 0 fully saturated rings. The van der Waals surface area contributed by atoms with E-state index in [4.69, 9.17) is 4.74 Å². The van der Waals surface area contributed by atoms with Gasteiger partial charge in [-0.1, -0.05) is 25.1 Å². The molecule has 5 nitrogen and oxygen atoms in total. The Labute approximate surface area is 143 Å². The van der Waals surface area contributed by atoms with Gasteiger partial charge in [0, 0.05) is 17.9 Å². The lowest BCUT2D eigenvalue weighted by Gasteiger charge is -2.27. The van der Waals surface area contributed by atoms with Crippen LogP contribution in [0, 0.1) is 0 Å². The van der Waals surface area contributed by atoms with Gasteiger partial charge in [-0.15, -0.1) is 0 Å². The third-order valence-electron chi connectivity index (χ3n) is 4.06. The lowest BCUT2D eigenvalue weighted by atomic mass is 9.99. The molecule has 0 radical (unpaired) electrons. The first-order valence-electron chi connectivity index (χ1n) is 8.07. The minimum absolute atomic E-state index is 0.210. The van der Waals surface area contributed by atoms with Crippen LogP contribution in [0.5, 0.6) is 5.75 Å². The van der Waals surface area contributed by atoms with Crippen LogP contribution in [0.25, 0.3) is 0 Å². The van der Waals surface area contributed by atoms with Crippen LogP contribution < -0.4 is 15.4 Å². The lowest BCUT2D eigenvalue weighted by Crippen LogP contribution is -2.49. The maximum atomic E-state index is 12.5. The molecule has 2 rings (SSSR count). The highest BCUT2D eigenvalue weighted by Crippen LogP contribution is 2.25. The van der Waals surface area contributed by atoms with Crippen molar-refractivity contribution in [3.05, 3.63) is 59.9 Å². The summed E-state index contributed by atoms with van der Waals surface area (Å²) in [6, 6.07) is 11.0. The summed E-state index contributed by atoms with van der Waals surface area (Å²) in [5, 5.41) is 6.05. The molecular formula is C19H25N3O2. The largest absolute Gasteiger partial charge is 0.497 e. The molecule has 0 aliphatic rings. The van der Waals surface area contributed by atoms with Crippen molar-refractivity contribution >= 4 is 6.03 Å². The zero-order valence-corrected chi connectivity index (χ0v) is 14.7. The predicted octanol–water partition coefficient (Wildman–Crippen LogP) is 3.67. The van der Waals surface area contributed by atoms with Gasteiger partial charge in [-0.25, -0.2) is 4.79 Å². The standard InChI is InChI=1S/C19H25N3O2/c1-5-19(2,3)22-18(23)21-17(15-9-7-11-20-13-15)14-8-6-10-16(12-14)24-4/h6-13,17H,5H2,1-4H3,(H2,21,22,23)/t17-/m1/s1. The fourth-order valence-corrected chi connectivity index (χ4v) is 2.29. The zero-order valence-electron chi connectivity index (χ0n) is 14.7. The second kappa shape index (κ2) is 7.81. The van der Waals surface area contributed by atoms with Crippen molar-refractivity contribution in [1.29, 1.82) is 0 Å². The van der Waals surface area contributed by atoms with Crippen LogP contribution >= 0.6 is 0 Å². The Bertz CT molecular complexity index is 671. The monoisotopic (exact) mass is 327 g/mol. The van der Waals surface area contributed by atoms with Gasteiger partial charge in [0.05, 0.1) is 13.2 Å². The van der Waals surface area contributed by atoms with Crippen molar-refractivity contribution in [2.75, 3.05) is 7.11 Å². The number of urea groups is 1. The maximum Gasteiger partial charge on any atom is 0.315 e. The third-order valence-corrected chi connectivity index (χ3v) is 4.06. The minimum Gasteiger partial charge on any atom is -0.497 e. The van der Waals surface area contributed by atoms with Gasteiger partial charge in [0.1, 0.15) is 5.75 Å². The summed E-state index contributed by atoms with van der Waals surface area (Å²) in [6.07, 6.45) is 4.32. The van der Waals surface area contributed by atoms with Gasteiger partial charge >= 0.3 is 6.03 Å². The molecule has 24 heavy (non-hydrogen) atoms. The highest BCUT2D eigenvalue weighted by atomic mass is 16.5. The molecule has 0 spiro atoms. The Balaban J connectivity index is 2.29. The second-order valence-corrected chi connectivity index (χ2v) is 6.33. The van der Waals surface area contributed by atoms with E-state index in [0.717, 1.165) is 23.3 Å². The van der Waals surface area contributed by atoms with Gasteiger partial charge in [0.25, 0.3) is 0 Å². The molecule has 0 aliphatic heterocycles. The van der Waals surface area contributed by atoms with E-state index in [2.05, 4.69) is 15.6 Å². The van der Waals surface area contributed by atoms with Gasteiger partial charge in [-0.05, 0) is 49.6 Å². The summed E-state index contributed by atoms with van der Waals surface area (Å²) in [4.78, 5) is 16.6. The summed E-state index contributed by atoms with van der Waals surface area (Å²) in [6.45, 7) is 6.04. The first-order chi connectivity index (χ1) is 11.4. The predicted molar refractivity (Wildman–Crippen MR) is 95.1 cm³/mol. The molecule has 1 aromatic carbocycles. The molecule has 0 aliphatic carbocycles. The van der Waals surface area contributed by atoms with Crippen molar-refractivity contribution in [3.8, 4) is 5.75 Å². The molecular weight excluding hydrogens is 302 g/mol. The van der Waals surface area contributed by atoms with Crippen LogP contribution in [0.3, 0.4) is 0 Å². The Morgan fingerprint density at radius 1 is 1.25 bits per heavy atom. The number of hydrogen-bond donors (Lipinski definition) is 2. The molecule has 1 heterocycles. The van der Waals surface area contributed by atoms with Crippen molar-refractivity contribution in [2.45, 2.75) is 38.8 Å². The van der Waals surface area contributed by atoms with Gasteiger partial charge in [0.2, 0.25) is 0 Å². The van der Waals surface area contributed by atoms with Crippen LogP contribution in [0.4, 0.5) is 4.79 Å². The number of amides is 2. The molecule has 2 N–H and O–H groups in total. The van der Waals surface area contributed by atoms with Crippen LogP contribution in [0.2, 0.25) is 0 Å². The number of methoxy groups -OCH3 is 1. The molecule has 1 atom stereocenters. The normalized spacial score (nSPS) is 12.3. The van der Waals surface area contributed by atoms with E-state index in [1.165, 1.54) is 0 Å². The Hall–Kier alpha value is -2.56. The molecule has 0 saturated carbocycles. The SMILES string of the molecule is CCC(C)(C)NC(=O)N[C@@H](c1cccnc1)c1cccc(OC)c1. The fourth-order valence-electron chi connectivity index (χ4n) is 2.29. The number of nitrogens with one attached hydrogen (secondary N) is 2. The van der Waals surface area contributed by atoms with Crippen molar-refractivity contribution < 1.29 is 9.53 Å². The van der Waals surface area contributed by atoms with Crippen LogP contribution in [-0.2, 0) is 0 Å². The van der Waals surface area contributed by atoms with Gasteiger partial charge in [0.15, 0.2) is 0 Å². The molecule has 0 saturated heterocycles. The quantitative estimate of drug-likeness (QED) is 0.851. The number of nitrogens with zero attached hydrogens (tertiary/aromatic N) is 1. The Morgan fingerprint density at radius 3 is 2.62 bits per heavy atom. The van der Waals surface area contributed by atoms with E-state index in [1.807, 2.05) is 57.2 Å². The number of rotatable bonds is 6. The van der Waals surface area contributed by atoms with Gasteiger partial charge in [-0.3, -0.25) is 4.98 Å². The topological polar surface area (TPSA) is 63.2 Å². The first kappa shape index (κ1) is 17.8. The smallest absolute Gasteiger partial charge is 0.315 e. The highest BCUT2D eigenvalue weighted by Gasteiger charge is 2.22. The second-order valence-electron chi connectivity index (χ2n) is 6.33. The van der Waals surface area contributed by atoms with E-state index in [1.54, 1.807) is 19.5 Å². The maximum absolute atomic E-state index is 12.5. The van der Waals surface area contributed by atoms with Crippen LogP contribution in [-0.4, -0.2) is 23.7 Å². The molecule has 1 aromatic heterocycles. The average Bonchev–Trinajstić information content (AvgIpc) is 2.60. The van der Waals surface area contributed by atoms with E-state index >= 15 is 0 Å². The van der Waals surface area contributed by atoms with Crippen molar-refractivity contribution in [2.24, 2.45) is 0 Å². The molecule has 0 bridgehead atoms. The first-order valence-corrected chi connectivity index (χ1v) is 8.07. The number of hydrogen-bond acceptors (Lipinski definition) is 3.